The molecule has 0 aromatic heterocycles. The Morgan fingerprint density at radius 1 is 1.14 bits per heavy atom. The van der Waals surface area contributed by atoms with Crippen molar-refractivity contribution in [3.63, 3.8) is 0 Å². The number of carbonyl (C=O) groups excluding carboxylic acids is 1. The topological polar surface area (TPSA) is 29.5 Å². The van der Waals surface area contributed by atoms with Gasteiger partial charge in [0.25, 0.3) is 0 Å². The van der Waals surface area contributed by atoms with Crippen molar-refractivity contribution in [1.82, 2.24) is 4.90 Å². The fourth-order valence-corrected chi connectivity index (χ4v) is 5.77. The van der Waals surface area contributed by atoms with Crippen molar-refractivity contribution in [3.05, 3.63) is 0 Å². The predicted molar refractivity (Wildman–Crippen MR) is 88.5 cm³/mol. The molecule has 2 saturated heterocycles. The molecule has 0 radical (unpaired) electrons. The lowest BCUT2D eigenvalue weighted by atomic mass is 9.66. The first-order valence-electron chi connectivity index (χ1n) is 9.45. The molecule has 3 rings (SSSR count). The van der Waals surface area contributed by atoms with Crippen LogP contribution in [0.4, 0.5) is 0 Å². The zero-order chi connectivity index (χ0) is 15.7. The summed E-state index contributed by atoms with van der Waals surface area (Å²) in [6.45, 7) is 2.30. The number of fused-ring (bicyclic) bond motifs is 2. The van der Waals surface area contributed by atoms with Gasteiger partial charge in [0, 0.05) is 12.1 Å². The smallest absolute Gasteiger partial charge is 0.310 e. The van der Waals surface area contributed by atoms with Gasteiger partial charge in [0.1, 0.15) is 0 Å². The second kappa shape index (κ2) is 6.90. The van der Waals surface area contributed by atoms with Gasteiger partial charge in [0.15, 0.2) is 0 Å². The molecule has 1 saturated carbocycles. The molecule has 0 aromatic rings. The van der Waals surface area contributed by atoms with Crippen molar-refractivity contribution in [2.24, 2.45) is 23.7 Å². The molecule has 2 heterocycles. The number of hydrogen-bond acceptors (Lipinski definition) is 3. The first-order chi connectivity index (χ1) is 10.7. The van der Waals surface area contributed by atoms with Crippen LogP contribution in [0.15, 0.2) is 0 Å². The summed E-state index contributed by atoms with van der Waals surface area (Å²) in [6.07, 6.45) is 11.8. The van der Waals surface area contributed by atoms with Gasteiger partial charge >= 0.3 is 5.97 Å². The maximum Gasteiger partial charge on any atom is 0.310 e. The summed E-state index contributed by atoms with van der Waals surface area (Å²) >= 11 is 0. The van der Waals surface area contributed by atoms with Gasteiger partial charge < -0.3 is 4.74 Å². The minimum absolute atomic E-state index is 0.0536. The molecule has 3 aliphatic rings. The van der Waals surface area contributed by atoms with Crippen LogP contribution in [0.1, 0.15) is 64.7 Å². The van der Waals surface area contributed by atoms with Gasteiger partial charge in [0.2, 0.25) is 0 Å². The molecule has 3 nitrogen and oxygen atoms in total. The van der Waals surface area contributed by atoms with Crippen LogP contribution in [0.2, 0.25) is 0 Å². The zero-order valence-electron chi connectivity index (χ0n) is 14.6. The molecular weight excluding hydrogens is 274 g/mol. The standard InChI is InChI=1S/C19H33NO2/c1-4-5-13-6-8-14(9-7-13)16-12-15-10-11-17(20(15)2)18(16)19(21)22-3/h13-18H,4-12H2,1-3H3. The lowest BCUT2D eigenvalue weighted by Crippen LogP contribution is -2.52. The first-order valence-corrected chi connectivity index (χ1v) is 9.45. The minimum atomic E-state index is 0.0536. The predicted octanol–water partition coefficient (Wildman–Crippen LogP) is 3.86. The molecule has 4 atom stereocenters. The number of carbonyl (C=O) groups is 1. The number of nitrogens with zero attached hydrogens (tertiary/aromatic N) is 1. The average Bonchev–Trinajstić information content (AvgIpc) is 2.77. The fourth-order valence-electron chi connectivity index (χ4n) is 5.77. The Hall–Kier alpha value is -0.570. The third-order valence-corrected chi connectivity index (χ3v) is 6.98. The van der Waals surface area contributed by atoms with Gasteiger partial charge in [-0.05, 0) is 56.9 Å². The molecule has 22 heavy (non-hydrogen) atoms. The molecule has 0 amide bonds. The summed E-state index contributed by atoms with van der Waals surface area (Å²) in [7, 11) is 3.78. The number of ether oxygens (including phenoxy) is 1. The summed E-state index contributed by atoms with van der Waals surface area (Å²) in [5.41, 5.74) is 0. The van der Waals surface area contributed by atoms with Crippen LogP contribution in [-0.4, -0.2) is 37.1 Å². The van der Waals surface area contributed by atoms with Crippen LogP contribution in [-0.2, 0) is 9.53 Å². The van der Waals surface area contributed by atoms with Crippen molar-refractivity contribution in [3.8, 4) is 0 Å². The molecular formula is C19H33NO2. The summed E-state index contributed by atoms with van der Waals surface area (Å²) in [5.74, 6) is 2.46. The van der Waals surface area contributed by atoms with Crippen LogP contribution in [0, 0.1) is 23.7 Å². The summed E-state index contributed by atoms with van der Waals surface area (Å²) < 4.78 is 5.20. The second-order valence-electron chi connectivity index (χ2n) is 7.98. The summed E-state index contributed by atoms with van der Waals surface area (Å²) in [6, 6.07) is 1.15. The fraction of sp³-hybridized carbons (Fsp3) is 0.947. The minimum Gasteiger partial charge on any atom is -0.469 e. The molecule has 0 spiro atoms. The Morgan fingerprint density at radius 3 is 2.50 bits per heavy atom. The van der Waals surface area contributed by atoms with Gasteiger partial charge in [-0.1, -0.05) is 32.6 Å². The van der Waals surface area contributed by atoms with E-state index in [4.69, 9.17) is 4.74 Å². The van der Waals surface area contributed by atoms with Crippen LogP contribution >= 0.6 is 0 Å². The third-order valence-electron chi connectivity index (χ3n) is 6.98. The van der Waals surface area contributed by atoms with Crippen LogP contribution in [0.5, 0.6) is 0 Å². The van der Waals surface area contributed by atoms with Gasteiger partial charge in [-0.25, -0.2) is 0 Å². The van der Waals surface area contributed by atoms with E-state index >= 15 is 0 Å². The molecule has 0 aromatic carbocycles. The summed E-state index contributed by atoms with van der Waals surface area (Å²) in [4.78, 5) is 14.9. The average molecular weight is 307 g/mol. The molecule has 2 bridgehead atoms. The van der Waals surface area contributed by atoms with Crippen molar-refractivity contribution in [1.29, 1.82) is 0 Å². The molecule has 3 fully saturated rings. The zero-order valence-corrected chi connectivity index (χ0v) is 14.6. The van der Waals surface area contributed by atoms with Gasteiger partial charge in [-0.3, -0.25) is 9.69 Å². The highest BCUT2D eigenvalue weighted by Crippen LogP contribution is 2.48. The monoisotopic (exact) mass is 307 g/mol. The number of rotatable bonds is 4. The van der Waals surface area contributed by atoms with Crippen molar-refractivity contribution in [2.45, 2.75) is 76.8 Å². The molecule has 3 heteroatoms. The van der Waals surface area contributed by atoms with Crippen LogP contribution in [0.25, 0.3) is 0 Å². The molecule has 2 aliphatic heterocycles. The van der Waals surface area contributed by atoms with E-state index in [0.29, 0.717) is 18.0 Å². The molecule has 126 valence electrons. The van der Waals surface area contributed by atoms with E-state index in [2.05, 4.69) is 18.9 Å². The Morgan fingerprint density at radius 2 is 1.86 bits per heavy atom. The Bertz CT molecular complexity index is 389. The Labute approximate surface area is 135 Å². The maximum absolute atomic E-state index is 12.5. The quantitative estimate of drug-likeness (QED) is 0.739. The van der Waals surface area contributed by atoms with Crippen LogP contribution < -0.4 is 0 Å². The van der Waals surface area contributed by atoms with Gasteiger partial charge in [-0.2, -0.15) is 0 Å². The maximum atomic E-state index is 12.5. The highest BCUT2D eigenvalue weighted by atomic mass is 16.5. The van der Waals surface area contributed by atoms with Gasteiger partial charge in [-0.15, -0.1) is 0 Å². The lowest BCUT2D eigenvalue weighted by molar-refractivity contribution is -0.154. The van der Waals surface area contributed by atoms with E-state index < -0.39 is 0 Å². The van der Waals surface area contributed by atoms with E-state index in [1.165, 1.54) is 57.8 Å². The Kier molecular flexibility index (Phi) is 5.11. The van der Waals surface area contributed by atoms with Gasteiger partial charge in [0.05, 0.1) is 13.0 Å². The number of methoxy groups -OCH3 is 1. The molecule has 1 aliphatic carbocycles. The second-order valence-corrected chi connectivity index (χ2v) is 7.98. The summed E-state index contributed by atoms with van der Waals surface area (Å²) in [5, 5.41) is 0. The number of piperidine rings is 1. The van der Waals surface area contributed by atoms with E-state index in [-0.39, 0.29) is 11.9 Å². The molecule has 4 unspecified atom stereocenters. The van der Waals surface area contributed by atoms with Crippen molar-refractivity contribution >= 4 is 5.97 Å². The van der Waals surface area contributed by atoms with Crippen molar-refractivity contribution in [2.75, 3.05) is 14.2 Å². The Balaban J connectivity index is 1.70. The molecule has 0 N–H and O–H groups in total. The SMILES string of the molecule is CCCC1CCC(C2CC3CCC(C2C(=O)OC)N3C)CC1. The highest BCUT2D eigenvalue weighted by molar-refractivity contribution is 5.74. The first kappa shape index (κ1) is 16.3. The van der Waals surface area contributed by atoms with E-state index in [0.717, 1.165) is 11.8 Å². The highest BCUT2D eigenvalue weighted by Gasteiger charge is 2.51. The van der Waals surface area contributed by atoms with E-state index in [9.17, 15) is 4.79 Å². The number of esters is 1. The third kappa shape index (κ3) is 2.93. The lowest BCUT2D eigenvalue weighted by Gasteiger charge is -2.46. The van der Waals surface area contributed by atoms with Crippen molar-refractivity contribution < 1.29 is 9.53 Å². The largest absolute Gasteiger partial charge is 0.469 e. The normalized spacial score (nSPS) is 42.3. The van der Waals surface area contributed by atoms with E-state index in [1.54, 1.807) is 7.11 Å². The van der Waals surface area contributed by atoms with E-state index in [1.807, 2.05) is 0 Å². The van der Waals surface area contributed by atoms with Crippen LogP contribution in [0.3, 0.4) is 0 Å². The number of hydrogen-bond donors (Lipinski definition) is 0.